The highest BCUT2D eigenvalue weighted by Crippen LogP contribution is 2.43. The van der Waals surface area contributed by atoms with E-state index in [4.69, 9.17) is 5.73 Å². The van der Waals surface area contributed by atoms with Crippen molar-refractivity contribution < 1.29 is 0 Å². The molecular weight excluding hydrogens is 264 g/mol. The average molecular weight is 280 g/mol. The SMILES string of the molecule is CCc1c(-c2ccccc2)sc(N)c1-c1ccccn1. The molecule has 0 spiro atoms. The van der Waals surface area contributed by atoms with Crippen molar-refractivity contribution in [3.05, 3.63) is 60.3 Å². The molecule has 2 aromatic heterocycles. The minimum Gasteiger partial charge on any atom is -0.390 e. The lowest BCUT2D eigenvalue weighted by molar-refractivity contribution is 1.15. The van der Waals surface area contributed by atoms with Gasteiger partial charge >= 0.3 is 0 Å². The zero-order valence-corrected chi connectivity index (χ0v) is 12.2. The van der Waals surface area contributed by atoms with Gasteiger partial charge in [0.15, 0.2) is 0 Å². The number of thiophene rings is 1. The molecule has 2 nitrogen and oxygen atoms in total. The molecule has 0 saturated carbocycles. The van der Waals surface area contributed by atoms with Crippen LogP contribution < -0.4 is 5.73 Å². The van der Waals surface area contributed by atoms with E-state index >= 15 is 0 Å². The monoisotopic (exact) mass is 280 g/mol. The summed E-state index contributed by atoms with van der Waals surface area (Å²) in [5, 5.41) is 0.847. The van der Waals surface area contributed by atoms with Crippen molar-refractivity contribution in [2.45, 2.75) is 13.3 Å². The highest BCUT2D eigenvalue weighted by atomic mass is 32.1. The van der Waals surface area contributed by atoms with Crippen LogP contribution in [0.2, 0.25) is 0 Å². The van der Waals surface area contributed by atoms with Crippen molar-refractivity contribution >= 4 is 16.3 Å². The molecule has 2 N–H and O–H groups in total. The summed E-state index contributed by atoms with van der Waals surface area (Å²) in [7, 11) is 0. The molecule has 1 aromatic carbocycles. The third-order valence-corrected chi connectivity index (χ3v) is 4.46. The van der Waals surface area contributed by atoms with Gasteiger partial charge in [-0.3, -0.25) is 4.98 Å². The first kappa shape index (κ1) is 12.9. The van der Waals surface area contributed by atoms with Gasteiger partial charge in [0, 0.05) is 16.6 Å². The Hall–Kier alpha value is -2.13. The number of hydrogen-bond donors (Lipinski definition) is 1. The van der Waals surface area contributed by atoms with E-state index in [0.717, 1.165) is 22.7 Å². The van der Waals surface area contributed by atoms with Crippen molar-refractivity contribution in [2.24, 2.45) is 0 Å². The van der Waals surface area contributed by atoms with Crippen LogP contribution in [-0.2, 0) is 6.42 Å². The number of pyridine rings is 1. The van der Waals surface area contributed by atoms with E-state index in [1.54, 1.807) is 11.3 Å². The van der Waals surface area contributed by atoms with Crippen molar-refractivity contribution in [2.75, 3.05) is 5.73 Å². The van der Waals surface area contributed by atoms with Crippen LogP contribution in [0, 0.1) is 0 Å². The van der Waals surface area contributed by atoms with Crippen LogP contribution in [0.25, 0.3) is 21.7 Å². The van der Waals surface area contributed by atoms with Gasteiger partial charge in [-0.15, -0.1) is 11.3 Å². The van der Waals surface area contributed by atoms with Crippen LogP contribution in [0.15, 0.2) is 54.7 Å². The van der Waals surface area contributed by atoms with Gasteiger partial charge in [0.2, 0.25) is 0 Å². The lowest BCUT2D eigenvalue weighted by Crippen LogP contribution is -1.91. The van der Waals surface area contributed by atoms with Crippen LogP contribution in [0.4, 0.5) is 5.00 Å². The second-order valence-electron chi connectivity index (χ2n) is 4.58. The molecule has 3 heteroatoms. The van der Waals surface area contributed by atoms with Gasteiger partial charge in [0.1, 0.15) is 0 Å². The number of rotatable bonds is 3. The fraction of sp³-hybridized carbons (Fsp3) is 0.118. The molecule has 0 fully saturated rings. The molecule has 100 valence electrons. The summed E-state index contributed by atoms with van der Waals surface area (Å²) in [6.45, 7) is 2.17. The fourth-order valence-corrected chi connectivity index (χ4v) is 3.61. The highest BCUT2D eigenvalue weighted by molar-refractivity contribution is 7.20. The molecule has 0 unspecified atom stereocenters. The van der Waals surface area contributed by atoms with Crippen molar-refractivity contribution in [1.82, 2.24) is 4.98 Å². The Bertz CT molecular complexity index is 703. The van der Waals surface area contributed by atoms with E-state index < -0.39 is 0 Å². The van der Waals surface area contributed by atoms with Gasteiger partial charge in [0.05, 0.1) is 10.7 Å². The third kappa shape index (κ3) is 2.21. The van der Waals surface area contributed by atoms with Gasteiger partial charge in [-0.2, -0.15) is 0 Å². The van der Waals surface area contributed by atoms with Crippen LogP contribution in [-0.4, -0.2) is 4.98 Å². The summed E-state index contributed by atoms with van der Waals surface area (Å²) in [4.78, 5) is 5.71. The molecule has 0 saturated heterocycles. The number of nitrogens with zero attached hydrogens (tertiary/aromatic N) is 1. The first-order chi connectivity index (χ1) is 9.81. The first-order valence-electron chi connectivity index (χ1n) is 6.69. The Morgan fingerprint density at radius 2 is 1.80 bits per heavy atom. The summed E-state index contributed by atoms with van der Waals surface area (Å²) in [6, 6.07) is 16.4. The van der Waals surface area contributed by atoms with E-state index in [-0.39, 0.29) is 0 Å². The van der Waals surface area contributed by atoms with Crippen LogP contribution in [0.3, 0.4) is 0 Å². The molecule has 20 heavy (non-hydrogen) atoms. The molecule has 0 radical (unpaired) electrons. The van der Waals surface area contributed by atoms with Crippen LogP contribution in [0.5, 0.6) is 0 Å². The Labute approximate surface area is 122 Å². The summed E-state index contributed by atoms with van der Waals surface area (Å²) in [6.07, 6.45) is 2.76. The van der Waals surface area contributed by atoms with Crippen LogP contribution in [0.1, 0.15) is 12.5 Å². The van der Waals surface area contributed by atoms with E-state index in [2.05, 4.69) is 36.2 Å². The molecule has 3 aromatic rings. The van der Waals surface area contributed by atoms with Crippen LogP contribution >= 0.6 is 11.3 Å². The molecular formula is C17H16N2S. The normalized spacial score (nSPS) is 10.7. The maximum Gasteiger partial charge on any atom is 0.0961 e. The Morgan fingerprint density at radius 1 is 1.05 bits per heavy atom. The summed E-state index contributed by atoms with van der Waals surface area (Å²) in [5.41, 5.74) is 10.8. The lowest BCUT2D eigenvalue weighted by atomic mass is 10.0. The molecule has 0 atom stereocenters. The third-order valence-electron chi connectivity index (χ3n) is 3.34. The minimum atomic E-state index is 0.847. The van der Waals surface area contributed by atoms with Gasteiger partial charge in [0.25, 0.3) is 0 Å². The zero-order valence-electron chi connectivity index (χ0n) is 11.3. The first-order valence-corrected chi connectivity index (χ1v) is 7.51. The Balaban J connectivity index is 2.21. The lowest BCUT2D eigenvalue weighted by Gasteiger charge is -2.05. The molecule has 2 heterocycles. The van der Waals surface area contributed by atoms with Gasteiger partial charge in [-0.1, -0.05) is 43.3 Å². The summed E-state index contributed by atoms with van der Waals surface area (Å²) < 4.78 is 0. The van der Waals surface area contributed by atoms with E-state index in [1.807, 2.05) is 30.5 Å². The Kier molecular flexibility index (Phi) is 3.52. The Morgan fingerprint density at radius 3 is 2.45 bits per heavy atom. The second-order valence-corrected chi connectivity index (χ2v) is 5.64. The molecule has 0 aliphatic heterocycles. The van der Waals surface area contributed by atoms with Crippen molar-refractivity contribution in [3.63, 3.8) is 0 Å². The predicted octanol–water partition coefficient (Wildman–Crippen LogP) is 4.62. The maximum atomic E-state index is 6.27. The molecule has 0 aliphatic rings. The molecule has 0 aliphatic carbocycles. The second kappa shape index (κ2) is 5.47. The number of nitrogens with two attached hydrogens (primary N) is 1. The quantitative estimate of drug-likeness (QED) is 0.760. The standard InChI is InChI=1S/C17H16N2S/c1-2-13-15(14-10-6-7-11-19-14)17(18)20-16(13)12-8-4-3-5-9-12/h3-11H,2,18H2,1H3. The highest BCUT2D eigenvalue weighted by Gasteiger charge is 2.18. The van der Waals surface area contributed by atoms with Crippen molar-refractivity contribution in [3.8, 4) is 21.7 Å². The predicted molar refractivity (Wildman–Crippen MR) is 86.8 cm³/mol. The smallest absolute Gasteiger partial charge is 0.0961 e. The molecule has 3 rings (SSSR count). The van der Waals surface area contributed by atoms with Gasteiger partial charge in [-0.05, 0) is 29.7 Å². The van der Waals surface area contributed by atoms with Gasteiger partial charge < -0.3 is 5.73 Å². The molecule has 0 amide bonds. The fourth-order valence-electron chi connectivity index (χ4n) is 2.44. The summed E-state index contributed by atoms with van der Waals surface area (Å²) in [5.74, 6) is 0. The zero-order chi connectivity index (χ0) is 13.9. The topological polar surface area (TPSA) is 38.9 Å². The largest absolute Gasteiger partial charge is 0.390 e. The maximum absolute atomic E-state index is 6.27. The number of hydrogen-bond acceptors (Lipinski definition) is 3. The number of benzene rings is 1. The summed E-state index contributed by atoms with van der Waals surface area (Å²) >= 11 is 1.65. The van der Waals surface area contributed by atoms with E-state index in [1.165, 1.54) is 16.0 Å². The number of aromatic nitrogens is 1. The number of nitrogen functional groups attached to an aromatic ring is 1. The van der Waals surface area contributed by atoms with Gasteiger partial charge in [-0.25, -0.2) is 0 Å². The van der Waals surface area contributed by atoms with E-state index in [9.17, 15) is 0 Å². The van der Waals surface area contributed by atoms with E-state index in [0.29, 0.717) is 0 Å². The molecule has 0 bridgehead atoms. The minimum absolute atomic E-state index is 0.847. The average Bonchev–Trinajstić information content (AvgIpc) is 2.85. The van der Waals surface area contributed by atoms with Crippen molar-refractivity contribution in [1.29, 1.82) is 0 Å². The number of anilines is 1.